The van der Waals surface area contributed by atoms with Crippen LogP contribution in [0.4, 0.5) is 0 Å². The highest BCUT2D eigenvalue weighted by Gasteiger charge is 2.21. The van der Waals surface area contributed by atoms with Crippen molar-refractivity contribution in [2.24, 2.45) is 5.73 Å². The Morgan fingerprint density at radius 2 is 2.17 bits per heavy atom. The molecule has 1 aromatic carbocycles. The molecule has 2 N–H and O–H groups in total. The van der Waals surface area contributed by atoms with Crippen LogP contribution in [-0.4, -0.2) is 20.8 Å². The summed E-state index contributed by atoms with van der Waals surface area (Å²) in [6.45, 7) is 1.90. The van der Waals surface area contributed by atoms with Crippen LogP contribution in [0.5, 0.6) is 0 Å². The van der Waals surface area contributed by atoms with Crippen LogP contribution >= 0.6 is 15.9 Å². The molecule has 0 bridgehead atoms. The predicted molar refractivity (Wildman–Crippen MR) is 70.7 cm³/mol. The number of nitriles is 1. The largest absolute Gasteiger partial charge is 0.326 e. The van der Waals surface area contributed by atoms with Crippen molar-refractivity contribution in [2.75, 3.05) is 0 Å². The maximum Gasteiger partial charge on any atom is 0.252 e. The quantitative estimate of drug-likeness (QED) is 0.938. The van der Waals surface area contributed by atoms with Gasteiger partial charge in [-0.15, -0.1) is 5.10 Å². The number of benzene rings is 1. The molecule has 0 radical (unpaired) electrons. The molecule has 0 aliphatic carbocycles. The lowest BCUT2D eigenvalue weighted by molar-refractivity contribution is 0.451. The fourth-order valence-corrected chi connectivity index (χ4v) is 2.36. The smallest absolute Gasteiger partial charge is 0.252 e. The highest BCUT2D eigenvalue weighted by atomic mass is 79.9. The Labute approximate surface area is 113 Å². The second-order valence-electron chi connectivity index (χ2n) is 3.99. The minimum absolute atomic E-state index is 0.146. The van der Waals surface area contributed by atoms with Gasteiger partial charge in [0.1, 0.15) is 12.4 Å². The molecule has 0 saturated carbocycles. The van der Waals surface area contributed by atoms with E-state index in [-0.39, 0.29) is 17.9 Å². The van der Waals surface area contributed by atoms with E-state index < -0.39 is 0 Å². The van der Waals surface area contributed by atoms with Gasteiger partial charge in [0.25, 0.3) is 5.82 Å². The zero-order chi connectivity index (χ0) is 13.1. The summed E-state index contributed by atoms with van der Waals surface area (Å²) < 4.78 is 2.59. The Morgan fingerprint density at radius 1 is 1.44 bits per heavy atom. The first-order valence-electron chi connectivity index (χ1n) is 5.44. The predicted octanol–water partition coefficient (Wildman–Crippen LogP) is 1.85. The average molecular weight is 306 g/mol. The Hall–Kier alpha value is -1.71. The van der Waals surface area contributed by atoms with Crippen LogP contribution in [0.15, 0.2) is 35.1 Å². The third-order valence-electron chi connectivity index (χ3n) is 2.62. The molecule has 0 aliphatic rings. The number of hydrogen-bond acceptors (Lipinski definition) is 4. The van der Waals surface area contributed by atoms with Gasteiger partial charge in [0, 0.05) is 10.5 Å². The van der Waals surface area contributed by atoms with Crippen LogP contribution in [0.2, 0.25) is 0 Å². The van der Waals surface area contributed by atoms with Gasteiger partial charge in [0.15, 0.2) is 0 Å². The summed E-state index contributed by atoms with van der Waals surface area (Å²) in [6.07, 6.45) is 1.53. The molecule has 0 spiro atoms. The van der Waals surface area contributed by atoms with E-state index >= 15 is 0 Å². The highest BCUT2D eigenvalue weighted by Crippen LogP contribution is 2.27. The van der Waals surface area contributed by atoms with Crippen LogP contribution in [0.1, 0.15) is 24.4 Å². The van der Waals surface area contributed by atoms with Crippen molar-refractivity contribution in [2.45, 2.75) is 19.0 Å². The van der Waals surface area contributed by atoms with Crippen LogP contribution in [-0.2, 0) is 0 Å². The Bertz CT molecular complexity index is 584. The van der Waals surface area contributed by atoms with Crippen molar-refractivity contribution >= 4 is 15.9 Å². The summed E-state index contributed by atoms with van der Waals surface area (Å²) in [7, 11) is 0. The fourth-order valence-electron chi connectivity index (χ4n) is 1.84. The van der Waals surface area contributed by atoms with Crippen molar-refractivity contribution in [3.05, 3.63) is 46.5 Å². The second kappa shape index (κ2) is 5.29. The number of hydrogen-bond donors (Lipinski definition) is 1. The molecule has 2 atom stereocenters. The van der Waals surface area contributed by atoms with E-state index in [2.05, 4.69) is 26.0 Å². The first-order chi connectivity index (χ1) is 8.63. The van der Waals surface area contributed by atoms with Crippen molar-refractivity contribution in [3.63, 3.8) is 0 Å². The minimum Gasteiger partial charge on any atom is -0.326 e. The van der Waals surface area contributed by atoms with Gasteiger partial charge in [0.05, 0.1) is 6.04 Å². The van der Waals surface area contributed by atoms with Gasteiger partial charge >= 0.3 is 0 Å². The maximum atomic E-state index is 8.77. The number of aromatic nitrogens is 3. The van der Waals surface area contributed by atoms with Crippen LogP contribution in [0.3, 0.4) is 0 Å². The zero-order valence-electron chi connectivity index (χ0n) is 9.79. The molecule has 92 valence electrons. The molecule has 2 rings (SSSR count). The SMILES string of the molecule is CC(N)C(c1ccccc1Br)n1cnc(C#N)n1. The van der Waals surface area contributed by atoms with Gasteiger partial charge in [-0.05, 0) is 18.6 Å². The van der Waals surface area contributed by atoms with E-state index in [1.54, 1.807) is 4.68 Å². The van der Waals surface area contributed by atoms with Gasteiger partial charge in [-0.1, -0.05) is 34.1 Å². The topological polar surface area (TPSA) is 80.5 Å². The Balaban J connectivity index is 2.47. The van der Waals surface area contributed by atoms with E-state index in [4.69, 9.17) is 11.0 Å². The lowest BCUT2D eigenvalue weighted by Gasteiger charge is -2.22. The first-order valence-corrected chi connectivity index (χ1v) is 6.24. The van der Waals surface area contributed by atoms with Crippen molar-refractivity contribution in [3.8, 4) is 6.07 Å². The Morgan fingerprint density at radius 3 is 2.72 bits per heavy atom. The molecule has 0 amide bonds. The summed E-state index contributed by atoms with van der Waals surface area (Å²) in [5, 5.41) is 12.9. The summed E-state index contributed by atoms with van der Waals surface area (Å²) in [4.78, 5) is 3.91. The minimum atomic E-state index is -0.157. The lowest BCUT2D eigenvalue weighted by atomic mass is 10.0. The number of nitrogens with two attached hydrogens (primary N) is 1. The monoisotopic (exact) mass is 305 g/mol. The molecular weight excluding hydrogens is 294 g/mol. The molecule has 1 heterocycles. The zero-order valence-corrected chi connectivity index (χ0v) is 11.4. The molecule has 18 heavy (non-hydrogen) atoms. The number of nitrogens with zero attached hydrogens (tertiary/aromatic N) is 4. The molecular formula is C12H12BrN5. The van der Waals surface area contributed by atoms with E-state index in [0.29, 0.717) is 0 Å². The number of halogens is 1. The molecule has 1 aromatic heterocycles. The maximum absolute atomic E-state index is 8.77. The Kier molecular flexibility index (Phi) is 3.75. The fraction of sp³-hybridized carbons (Fsp3) is 0.250. The van der Waals surface area contributed by atoms with Crippen LogP contribution < -0.4 is 5.73 Å². The van der Waals surface area contributed by atoms with E-state index in [1.807, 2.05) is 37.3 Å². The van der Waals surface area contributed by atoms with Crippen LogP contribution in [0, 0.1) is 11.3 Å². The molecule has 6 heteroatoms. The molecule has 2 unspecified atom stereocenters. The standard InChI is InChI=1S/C12H12BrN5/c1-8(15)12(9-4-2-3-5-10(9)13)18-7-16-11(6-14)17-18/h2-5,7-8,12H,15H2,1H3. The molecule has 2 aromatic rings. The first kappa shape index (κ1) is 12.7. The number of rotatable bonds is 3. The molecule has 5 nitrogen and oxygen atoms in total. The van der Waals surface area contributed by atoms with Crippen LogP contribution in [0.25, 0.3) is 0 Å². The van der Waals surface area contributed by atoms with E-state index in [9.17, 15) is 0 Å². The second-order valence-corrected chi connectivity index (χ2v) is 4.84. The average Bonchev–Trinajstić information content (AvgIpc) is 2.80. The molecule has 0 saturated heterocycles. The summed E-state index contributed by atoms with van der Waals surface area (Å²) >= 11 is 3.50. The van der Waals surface area contributed by atoms with Gasteiger partial charge in [-0.2, -0.15) is 5.26 Å². The molecule has 0 aliphatic heterocycles. The third-order valence-corrected chi connectivity index (χ3v) is 3.34. The lowest BCUT2D eigenvalue weighted by Crippen LogP contribution is -2.31. The van der Waals surface area contributed by atoms with Gasteiger partial charge in [-0.25, -0.2) is 9.67 Å². The van der Waals surface area contributed by atoms with Crippen molar-refractivity contribution in [1.82, 2.24) is 14.8 Å². The third kappa shape index (κ3) is 2.42. The summed E-state index contributed by atoms with van der Waals surface area (Å²) in [5.41, 5.74) is 7.04. The van der Waals surface area contributed by atoms with E-state index in [0.717, 1.165) is 10.0 Å². The van der Waals surface area contributed by atoms with Crippen molar-refractivity contribution < 1.29 is 0 Å². The normalized spacial score (nSPS) is 13.9. The summed E-state index contributed by atoms with van der Waals surface area (Å²) in [5.74, 6) is 0.146. The molecule has 0 fully saturated rings. The van der Waals surface area contributed by atoms with Crippen molar-refractivity contribution in [1.29, 1.82) is 5.26 Å². The van der Waals surface area contributed by atoms with Gasteiger partial charge in [0.2, 0.25) is 0 Å². The van der Waals surface area contributed by atoms with E-state index in [1.165, 1.54) is 6.33 Å². The van der Waals surface area contributed by atoms with Gasteiger partial charge < -0.3 is 5.73 Å². The summed E-state index contributed by atoms with van der Waals surface area (Å²) in [6, 6.07) is 9.41. The van der Waals surface area contributed by atoms with Gasteiger partial charge in [-0.3, -0.25) is 0 Å². The highest BCUT2D eigenvalue weighted by molar-refractivity contribution is 9.10.